The summed E-state index contributed by atoms with van der Waals surface area (Å²) in [5.74, 6) is -0.362. The number of benzene rings is 1. The van der Waals surface area contributed by atoms with Gasteiger partial charge < -0.3 is 10.0 Å². The van der Waals surface area contributed by atoms with E-state index in [0.29, 0.717) is 25.2 Å². The lowest BCUT2D eigenvalue weighted by Gasteiger charge is -2.33. The summed E-state index contributed by atoms with van der Waals surface area (Å²) in [6.45, 7) is 0.515. The molecule has 0 spiro atoms. The SMILES string of the molecule is O=C(O)C1CCCCN1C(=O)CCc1nncn1-c1ccccc1. The number of carbonyl (C=O) groups excluding carboxylic acids is 1. The van der Waals surface area contributed by atoms with Gasteiger partial charge in [-0.15, -0.1) is 10.2 Å². The highest BCUT2D eigenvalue weighted by molar-refractivity contribution is 5.84. The third-order valence-electron chi connectivity index (χ3n) is 4.32. The van der Waals surface area contributed by atoms with Gasteiger partial charge in [-0.2, -0.15) is 0 Å². The quantitative estimate of drug-likeness (QED) is 0.902. The number of para-hydroxylation sites is 1. The van der Waals surface area contributed by atoms with Crippen molar-refractivity contribution in [3.63, 3.8) is 0 Å². The molecule has 2 heterocycles. The maximum atomic E-state index is 12.5. The van der Waals surface area contributed by atoms with Gasteiger partial charge in [-0.05, 0) is 31.4 Å². The van der Waals surface area contributed by atoms with Crippen molar-refractivity contribution in [3.05, 3.63) is 42.5 Å². The van der Waals surface area contributed by atoms with Crippen molar-refractivity contribution in [3.8, 4) is 5.69 Å². The number of nitrogens with zero attached hydrogens (tertiary/aromatic N) is 4. The minimum Gasteiger partial charge on any atom is -0.480 e. The molecule has 1 aromatic carbocycles. The number of hydrogen-bond donors (Lipinski definition) is 1. The number of aromatic nitrogens is 3. The second-order valence-corrected chi connectivity index (χ2v) is 5.89. The van der Waals surface area contributed by atoms with Crippen LogP contribution in [0.15, 0.2) is 36.7 Å². The summed E-state index contributed by atoms with van der Waals surface area (Å²) in [5, 5.41) is 17.3. The molecule has 1 atom stereocenters. The number of amides is 1. The van der Waals surface area contributed by atoms with Crippen molar-refractivity contribution in [1.29, 1.82) is 0 Å². The minimum absolute atomic E-state index is 0.135. The molecule has 1 unspecified atom stereocenters. The highest BCUT2D eigenvalue weighted by atomic mass is 16.4. The molecule has 0 saturated carbocycles. The summed E-state index contributed by atoms with van der Waals surface area (Å²) in [7, 11) is 0. The molecule has 1 aliphatic heterocycles. The molecule has 126 valence electrons. The molecule has 3 rings (SSSR count). The average molecular weight is 328 g/mol. The topological polar surface area (TPSA) is 88.3 Å². The van der Waals surface area contributed by atoms with Crippen molar-refractivity contribution in [2.75, 3.05) is 6.54 Å². The van der Waals surface area contributed by atoms with Crippen LogP contribution in [0.5, 0.6) is 0 Å². The van der Waals surface area contributed by atoms with Gasteiger partial charge >= 0.3 is 5.97 Å². The largest absolute Gasteiger partial charge is 0.480 e. The van der Waals surface area contributed by atoms with E-state index in [-0.39, 0.29) is 12.3 Å². The van der Waals surface area contributed by atoms with E-state index in [1.54, 1.807) is 6.33 Å². The number of rotatable bonds is 5. The second kappa shape index (κ2) is 7.25. The van der Waals surface area contributed by atoms with Gasteiger partial charge in [-0.3, -0.25) is 9.36 Å². The van der Waals surface area contributed by atoms with Gasteiger partial charge in [0.2, 0.25) is 5.91 Å². The summed E-state index contributed by atoms with van der Waals surface area (Å²) in [6.07, 6.45) is 4.52. The Morgan fingerprint density at radius 1 is 1.21 bits per heavy atom. The highest BCUT2D eigenvalue weighted by Gasteiger charge is 2.31. The van der Waals surface area contributed by atoms with Crippen molar-refractivity contribution in [2.24, 2.45) is 0 Å². The number of piperidine rings is 1. The van der Waals surface area contributed by atoms with E-state index < -0.39 is 12.0 Å². The standard InChI is InChI=1S/C17H20N4O3/c22-16(20-11-5-4-8-14(20)17(23)24)10-9-15-19-18-12-21(15)13-6-2-1-3-7-13/h1-3,6-7,12,14H,4-5,8-11H2,(H,23,24). The van der Waals surface area contributed by atoms with E-state index >= 15 is 0 Å². The van der Waals surface area contributed by atoms with Crippen molar-refractivity contribution in [1.82, 2.24) is 19.7 Å². The number of aryl methyl sites for hydroxylation is 1. The predicted octanol–water partition coefficient (Wildman–Crippen LogP) is 1.67. The summed E-state index contributed by atoms with van der Waals surface area (Å²) < 4.78 is 1.85. The molecule has 2 aromatic rings. The number of hydrogen-bond acceptors (Lipinski definition) is 4. The lowest BCUT2D eigenvalue weighted by atomic mass is 10.0. The lowest BCUT2D eigenvalue weighted by molar-refractivity contribution is -0.152. The molecule has 7 heteroatoms. The first-order valence-electron chi connectivity index (χ1n) is 8.13. The van der Waals surface area contributed by atoms with Crippen molar-refractivity contribution >= 4 is 11.9 Å². The van der Waals surface area contributed by atoms with Crippen LogP contribution in [-0.4, -0.2) is 49.2 Å². The zero-order valence-electron chi connectivity index (χ0n) is 13.3. The molecule has 1 aliphatic rings. The highest BCUT2D eigenvalue weighted by Crippen LogP contribution is 2.19. The second-order valence-electron chi connectivity index (χ2n) is 5.89. The van der Waals surface area contributed by atoms with Crippen molar-refractivity contribution in [2.45, 2.75) is 38.1 Å². The van der Waals surface area contributed by atoms with Gasteiger partial charge in [-0.25, -0.2) is 4.79 Å². The predicted molar refractivity (Wildman–Crippen MR) is 86.7 cm³/mol. The van der Waals surface area contributed by atoms with Crippen LogP contribution in [0.2, 0.25) is 0 Å². The van der Waals surface area contributed by atoms with Crippen LogP contribution in [0.3, 0.4) is 0 Å². The summed E-state index contributed by atoms with van der Waals surface area (Å²) in [4.78, 5) is 25.3. The molecule has 1 saturated heterocycles. The van der Waals surface area contributed by atoms with Crippen LogP contribution in [0.25, 0.3) is 5.69 Å². The molecule has 1 amide bonds. The molecule has 1 aromatic heterocycles. The Hall–Kier alpha value is -2.70. The van der Waals surface area contributed by atoms with Gasteiger partial charge in [0.05, 0.1) is 0 Å². The normalized spacial score (nSPS) is 17.7. The summed E-state index contributed by atoms with van der Waals surface area (Å²) in [6, 6.07) is 8.97. The molecule has 0 radical (unpaired) electrons. The first kappa shape index (κ1) is 16.2. The minimum atomic E-state index is -0.921. The van der Waals surface area contributed by atoms with Crippen LogP contribution in [-0.2, 0) is 16.0 Å². The van der Waals surface area contributed by atoms with Crippen LogP contribution in [0, 0.1) is 0 Å². The van der Waals surface area contributed by atoms with E-state index in [1.807, 2.05) is 34.9 Å². The molecule has 0 bridgehead atoms. The summed E-state index contributed by atoms with van der Waals surface area (Å²) in [5.41, 5.74) is 0.936. The Balaban J connectivity index is 1.67. The van der Waals surface area contributed by atoms with E-state index in [9.17, 15) is 14.7 Å². The van der Waals surface area contributed by atoms with Crippen LogP contribution in [0.4, 0.5) is 0 Å². The molecule has 0 aliphatic carbocycles. The van der Waals surface area contributed by atoms with Gasteiger partial charge in [-0.1, -0.05) is 18.2 Å². The summed E-state index contributed by atoms with van der Waals surface area (Å²) >= 11 is 0. The molecule has 24 heavy (non-hydrogen) atoms. The molecular formula is C17H20N4O3. The molecule has 1 fully saturated rings. The van der Waals surface area contributed by atoms with E-state index in [0.717, 1.165) is 18.5 Å². The maximum absolute atomic E-state index is 12.5. The molecular weight excluding hydrogens is 308 g/mol. The Labute approximate surface area is 139 Å². The fraction of sp³-hybridized carbons (Fsp3) is 0.412. The van der Waals surface area contributed by atoms with Crippen LogP contribution in [0.1, 0.15) is 31.5 Å². The van der Waals surface area contributed by atoms with E-state index in [4.69, 9.17) is 0 Å². The van der Waals surface area contributed by atoms with E-state index in [2.05, 4.69) is 10.2 Å². The smallest absolute Gasteiger partial charge is 0.326 e. The lowest BCUT2D eigenvalue weighted by Crippen LogP contribution is -2.48. The zero-order valence-corrected chi connectivity index (χ0v) is 13.3. The van der Waals surface area contributed by atoms with E-state index in [1.165, 1.54) is 4.90 Å². The van der Waals surface area contributed by atoms with Crippen LogP contribution >= 0.6 is 0 Å². The fourth-order valence-electron chi connectivity index (χ4n) is 3.08. The Morgan fingerprint density at radius 3 is 2.75 bits per heavy atom. The Kier molecular flexibility index (Phi) is 4.88. The first-order chi connectivity index (χ1) is 11.7. The fourth-order valence-corrected chi connectivity index (χ4v) is 3.08. The monoisotopic (exact) mass is 328 g/mol. The number of carboxylic acid groups (broad SMARTS) is 1. The Morgan fingerprint density at radius 2 is 2.00 bits per heavy atom. The number of carboxylic acids is 1. The van der Waals surface area contributed by atoms with Gasteiger partial charge in [0.15, 0.2) is 0 Å². The molecule has 1 N–H and O–H groups in total. The van der Waals surface area contributed by atoms with Gasteiger partial charge in [0.1, 0.15) is 18.2 Å². The van der Waals surface area contributed by atoms with Crippen molar-refractivity contribution < 1.29 is 14.7 Å². The first-order valence-corrected chi connectivity index (χ1v) is 8.13. The number of aliphatic carboxylic acids is 1. The number of likely N-dealkylation sites (tertiary alicyclic amines) is 1. The van der Waals surface area contributed by atoms with Gasteiger partial charge in [0.25, 0.3) is 0 Å². The third-order valence-corrected chi connectivity index (χ3v) is 4.32. The Bertz CT molecular complexity index is 714. The number of carbonyl (C=O) groups is 2. The third kappa shape index (κ3) is 3.45. The van der Waals surface area contributed by atoms with Gasteiger partial charge in [0, 0.05) is 25.1 Å². The maximum Gasteiger partial charge on any atom is 0.326 e. The molecule has 7 nitrogen and oxygen atoms in total. The zero-order chi connectivity index (χ0) is 16.9. The average Bonchev–Trinajstić information content (AvgIpc) is 3.09. The van der Waals surface area contributed by atoms with Crippen LogP contribution < -0.4 is 0 Å².